The van der Waals surface area contributed by atoms with Crippen LogP contribution in [0.25, 0.3) is 11.3 Å². The molecule has 2 fully saturated rings. The van der Waals surface area contributed by atoms with Gasteiger partial charge in [-0.25, -0.2) is 18.1 Å². The SMILES string of the molecule is Cc1cccc(C)c1-c1cc2nc(n1)NS(=O)(=O)c1cccc(c1)C([C@@H](C)CC1CC(N(C)C)C1)[C@H](CC1(C(F)(F)F)CC1)CO2. The maximum absolute atomic E-state index is 14.5. The number of ether oxygens (including phenoxy) is 1. The summed E-state index contributed by atoms with van der Waals surface area (Å²) in [4.78, 5) is 11.2. The first-order chi connectivity index (χ1) is 21.7. The second-order valence-electron chi connectivity index (χ2n) is 14.1. The highest BCUT2D eigenvalue weighted by molar-refractivity contribution is 7.92. The average molecular weight is 657 g/mol. The van der Waals surface area contributed by atoms with E-state index in [-0.39, 0.29) is 54.4 Å². The Morgan fingerprint density at radius 1 is 1.04 bits per heavy atom. The van der Waals surface area contributed by atoms with Crippen molar-refractivity contribution in [1.82, 2.24) is 14.9 Å². The molecule has 1 unspecified atom stereocenters. The third-order valence-electron chi connectivity index (χ3n) is 10.5. The van der Waals surface area contributed by atoms with E-state index in [0.717, 1.165) is 36.0 Å². The third-order valence-corrected chi connectivity index (χ3v) is 11.9. The molecule has 3 atom stereocenters. The number of benzene rings is 2. The summed E-state index contributed by atoms with van der Waals surface area (Å²) in [6.45, 7) is 5.99. The number of rotatable bonds is 7. The molecular weight excluding hydrogens is 613 g/mol. The van der Waals surface area contributed by atoms with E-state index in [9.17, 15) is 21.6 Å². The lowest BCUT2D eigenvalue weighted by Crippen LogP contribution is -2.41. The van der Waals surface area contributed by atoms with Crippen molar-refractivity contribution in [1.29, 1.82) is 0 Å². The van der Waals surface area contributed by atoms with E-state index in [1.165, 1.54) is 6.07 Å². The summed E-state index contributed by atoms with van der Waals surface area (Å²) in [5, 5.41) is 0. The number of fused-ring (bicyclic) bond motifs is 4. The number of alkyl halides is 3. The fourth-order valence-electron chi connectivity index (χ4n) is 7.75. The molecule has 4 bridgehead atoms. The summed E-state index contributed by atoms with van der Waals surface area (Å²) in [5.74, 6) is -0.470. The zero-order valence-electron chi connectivity index (χ0n) is 27.1. The zero-order valence-corrected chi connectivity index (χ0v) is 27.9. The number of sulfonamides is 1. The summed E-state index contributed by atoms with van der Waals surface area (Å²) in [6, 6.07) is 14.6. The minimum Gasteiger partial charge on any atom is -0.477 e. The summed E-state index contributed by atoms with van der Waals surface area (Å²) in [7, 11) is 0.0130. The van der Waals surface area contributed by atoms with Crippen LogP contribution < -0.4 is 9.46 Å². The first-order valence-electron chi connectivity index (χ1n) is 16.1. The van der Waals surface area contributed by atoms with Crippen LogP contribution >= 0.6 is 0 Å². The molecule has 6 rings (SSSR count). The summed E-state index contributed by atoms with van der Waals surface area (Å²) in [5.41, 5.74) is 2.12. The van der Waals surface area contributed by atoms with Crippen molar-refractivity contribution < 1.29 is 26.3 Å². The Morgan fingerprint density at radius 3 is 2.35 bits per heavy atom. The molecule has 2 aromatic carbocycles. The van der Waals surface area contributed by atoms with Crippen molar-refractivity contribution in [2.75, 3.05) is 25.4 Å². The second kappa shape index (κ2) is 12.1. The molecule has 0 radical (unpaired) electrons. The molecule has 3 aliphatic rings. The number of halogens is 3. The van der Waals surface area contributed by atoms with Crippen LogP contribution in [0.4, 0.5) is 19.1 Å². The van der Waals surface area contributed by atoms with Crippen molar-refractivity contribution in [2.24, 2.45) is 23.2 Å². The maximum Gasteiger partial charge on any atom is 0.394 e. The van der Waals surface area contributed by atoms with E-state index in [1.54, 1.807) is 18.2 Å². The Morgan fingerprint density at radius 2 is 1.72 bits per heavy atom. The van der Waals surface area contributed by atoms with Gasteiger partial charge in [0.1, 0.15) is 0 Å². The van der Waals surface area contributed by atoms with Gasteiger partial charge in [-0.1, -0.05) is 37.3 Å². The Kier molecular flexibility index (Phi) is 8.63. The molecule has 3 aromatic rings. The molecule has 2 saturated carbocycles. The lowest BCUT2D eigenvalue weighted by molar-refractivity contribution is -0.193. The molecule has 7 nitrogen and oxygen atoms in total. The zero-order chi connectivity index (χ0) is 33.0. The number of aryl methyl sites for hydroxylation is 2. The largest absolute Gasteiger partial charge is 0.477 e. The van der Waals surface area contributed by atoms with Crippen LogP contribution in [0.3, 0.4) is 0 Å². The van der Waals surface area contributed by atoms with Crippen LogP contribution in [0, 0.1) is 37.0 Å². The molecular formula is C35H43F3N4O3S. The summed E-state index contributed by atoms with van der Waals surface area (Å²) < 4.78 is 79.8. The number of nitrogens with zero attached hydrogens (tertiary/aromatic N) is 3. The molecule has 2 aliphatic carbocycles. The Balaban J connectivity index is 1.44. The molecule has 2 heterocycles. The van der Waals surface area contributed by atoms with Gasteiger partial charge in [0.25, 0.3) is 10.0 Å². The van der Waals surface area contributed by atoms with Gasteiger partial charge >= 0.3 is 6.18 Å². The maximum atomic E-state index is 14.5. The molecule has 0 saturated heterocycles. The first-order valence-corrected chi connectivity index (χ1v) is 17.6. The number of aromatic nitrogens is 2. The van der Waals surface area contributed by atoms with E-state index in [4.69, 9.17) is 4.74 Å². The van der Waals surface area contributed by atoms with E-state index in [2.05, 4.69) is 40.6 Å². The molecule has 1 aliphatic heterocycles. The van der Waals surface area contributed by atoms with Gasteiger partial charge in [0, 0.05) is 23.6 Å². The van der Waals surface area contributed by atoms with Gasteiger partial charge in [0.15, 0.2) is 0 Å². The van der Waals surface area contributed by atoms with Crippen molar-refractivity contribution in [3.8, 4) is 17.1 Å². The summed E-state index contributed by atoms with van der Waals surface area (Å²) in [6.07, 6.45) is -1.31. The van der Waals surface area contributed by atoms with Crippen LogP contribution in [0.5, 0.6) is 5.88 Å². The fraction of sp³-hybridized carbons (Fsp3) is 0.543. The van der Waals surface area contributed by atoms with Crippen LogP contribution in [-0.2, 0) is 10.0 Å². The van der Waals surface area contributed by atoms with Crippen molar-refractivity contribution in [3.05, 3.63) is 65.2 Å². The van der Waals surface area contributed by atoms with Crippen molar-refractivity contribution in [3.63, 3.8) is 0 Å². The van der Waals surface area contributed by atoms with Gasteiger partial charge < -0.3 is 9.64 Å². The molecule has 248 valence electrons. The number of anilines is 1. The standard InChI is InChI=1S/C35H43F3N4O3S/c1-21-8-6-9-22(2)31(21)29-18-30-40-33(39-29)41-46(43,44)28-11-7-10-25(17-28)32(23(3)14-24-15-27(16-24)42(4)5)26(20-45-30)19-34(12-13-34)35(36,37)38/h6-11,17-18,23-24,26-27,32H,12-16,19-20H2,1-5H3,(H,39,40,41)/t23-,24?,26+,27?,32?/m0/s1. The molecule has 1 N–H and O–H groups in total. The van der Waals surface area contributed by atoms with Gasteiger partial charge in [0.05, 0.1) is 22.6 Å². The highest BCUT2D eigenvalue weighted by atomic mass is 32.2. The lowest BCUT2D eigenvalue weighted by atomic mass is 9.67. The highest BCUT2D eigenvalue weighted by Gasteiger charge is 2.64. The quantitative estimate of drug-likeness (QED) is 0.280. The Bertz CT molecular complexity index is 1680. The smallest absolute Gasteiger partial charge is 0.394 e. The fourth-order valence-corrected chi connectivity index (χ4v) is 8.75. The van der Waals surface area contributed by atoms with E-state index < -0.39 is 27.5 Å². The molecule has 46 heavy (non-hydrogen) atoms. The average Bonchev–Trinajstić information content (AvgIpc) is 3.74. The highest BCUT2D eigenvalue weighted by Crippen LogP contribution is 2.62. The third kappa shape index (κ3) is 6.50. The van der Waals surface area contributed by atoms with Gasteiger partial charge in [-0.15, -0.1) is 0 Å². The number of nitrogens with one attached hydrogen (secondary N) is 1. The molecule has 0 spiro atoms. The minimum atomic E-state index is -4.33. The van der Waals surface area contributed by atoms with Crippen LogP contribution in [0.15, 0.2) is 53.4 Å². The van der Waals surface area contributed by atoms with Gasteiger partial charge in [-0.2, -0.15) is 18.2 Å². The Hall–Kier alpha value is -3.18. The van der Waals surface area contributed by atoms with Crippen molar-refractivity contribution >= 4 is 16.0 Å². The topological polar surface area (TPSA) is 84.4 Å². The van der Waals surface area contributed by atoms with Crippen LogP contribution in [-0.4, -0.2) is 56.2 Å². The van der Waals surface area contributed by atoms with Gasteiger partial charge in [0.2, 0.25) is 11.8 Å². The molecule has 0 amide bonds. The Labute approximate surface area is 270 Å². The van der Waals surface area contributed by atoms with E-state index in [0.29, 0.717) is 23.2 Å². The van der Waals surface area contributed by atoms with Crippen molar-refractivity contribution in [2.45, 2.75) is 82.3 Å². The summed E-state index contributed by atoms with van der Waals surface area (Å²) >= 11 is 0. The number of hydrogen-bond acceptors (Lipinski definition) is 6. The normalized spacial score (nSPS) is 25.7. The van der Waals surface area contributed by atoms with Gasteiger partial charge in [-0.05, 0) is 113 Å². The predicted molar refractivity (Wildman–Crippen MR) is 172 cm³/mol. The molecule has 11 heteroatoms. The lowest BCUT2D eigenvalue weighted by Gasteiger charge is -2.43. The second-order valence-corrected chi connectivity index (χ2v) is 15.8. The molecule has 1 aromatic heterocycles. The number of hydrogen-bond donors (Lipinski definition) is 1. The van der Waals surface area contributed by atoms with Gasteiger partial charge in [-0.3, -0.25) is 0 Å². The predicted octanol–water partition coefficient (Wildman–Crippen LogP) is 7.75. The van der Waals surface area contributed by atoms with Crippen LogP contribution in [0.2, 0.25) is 0 Å². The van der Waals surface area contributed by atoms with Crippen LogP contribution in [0.1, 0.15) is 68.1 Å². The monoisotopic (exact) mass is 656 g/mol. The minimum absolute atomic E-state index is 0.00858. The first kappa shape index (κ1) is 32.7. The van der Waals surface area contributed by atoms with E-state index >= 15 is 0 Å². The van der Waals surface area contributed by atoms with E-state index in [1.807, 2.05) is 38.1 Å².